The summed E-state index contributed by atoms with van der Waals surface area (Å²) in [6, 6.07) is 48.3. The molecular weight excluding hydrogens is 715 g/mol. The molecule has 12 rings (SSSR count). The average Bonchev–Trinajstić information content (AvgIpc) is 3.99. The fourth-order valence-electron chi connectivity index (χ4n) is 8.32. The van der Waals surface area contributed by atoms with E-state index in [2.05, 4.69) is 53.1 Å². The second-order valence-electron chi connectivity index (χ2n) is 13.9. The minimum Gasteiger partial charge on any atom is -0.308 e. The van der Waals surface area contributed by atoms with Gasteiger partial charge in [0.1, 0.15) is 0 Å². The van der Waals surface area contributed by atoms with Crippen LogP contribution in [0.15, 0.2) is 188 Å². The first-order valence-electron chi connectivity index (χ1n) is 21.6. The Labute approximate surface area is 339 Å². The number of nitrogens with zero attached hydrogens (tertiary/aromatic N) is 5. The standard InChI is InChI=1S/C51H31N5S/c1-2-16-32(17-3-1)49-52-50(54-51(53-49)56-44-29-11-6-20-35(44)36-21-7-12-30-45(36)56)41-26-14-23-38(40-25-15-24-39-37-22-8-13-31-46(37)57-48(39)40)47(41)55-42-27-9-4-18-33(42)34-19-5-10-28-43(34)55/h1-31H/i4D,5D,18D,19D,27D,28D. The number of hydrogen-bond acceptors (Lipinski definition) is 4. The molecule has 0 aliphatic carbocycles. The predicted molar refractivity (Wildman–Crippen MR) is 238 cm³/mol. The Morgan fingerprint density at radius 2 is 0.982 bits per heavy atom. The third-order valence-electron chi connectivity index (χ3n) is 10.8. The summed E-state index contributed by atoms with van der Waals surface area (Å²) in [6.07, 6.45) is 0. The Bertz CT molecular complexity index is 3770. The normalized spacial score (nSPS) is 13.3. The van der Waals surface area contributed by atoms with Gasteiger partial charge in [-0.2, -0.15) is 9.97 Å². The van der Waals surface area contributed by atoms with E-state index >= 15 is 0 Å². The number of thiophene rings is 1. The molecular formula is C51H31N5S. The second-order valence-corrected chi connectivity index (χ2v) is 15.0. The highest BCUT2D eigenvalue weighted by Crippen LogP contribution is 2.46. The predicted octanol–water partition coefficient (Wildman–Crippen LogP) is 13.4. The van der Waals surface area contributed by atoms with Crippen LogP contribution in [0.2, 0.25) is 0 Å². The molecule has 0 bridgehead atoms. The van der Waals surface area contributed by atoms with E-state index in [4.69, 9.17) is 17.7 Å². The van der Waals surface area contributed by atoms with Gasteiger partial charge in [-0.3, -0.25) is 4.57 Å². The van der Waals surface area contributed by atoms with Gasteiger partial charge in [0.15, 0.2) is 11.6 Å². The van der Waals surface area contributed by atoms with Crippen LogP contribution in [-0.4, -0.2) is 24.1 Å². The van der Waals surface area contributed by atoms with Crippen molar-refractivity contribution in [3.8, 4) is 45.5 Å². The zero-order valence-corrected chi connectivity index (χ0v) is 30.9. The molecule has 266 valence electrons. The lowest BCUT2D eigenvalue weighted by Crippen LogP contribution is -2.08. The zero-order chi connectivity index (χ0) is 42.7. The van der Waals surface area contributed by atoms with Crippen molar-refractivity contribution >= 4 is 75.1 Å². The van der Waals surface area contributed by atoms with Crippen LogP contribution in [0.1, 0.15) is 8.22 Å². The molecule has 0 aliphatic heterocycles. The Hall–Kier alpha value is -7.41. The maximum absolute atomic E-state index is 9.47. The van der Waals surface area contributed by atoms with Gasteiger partial charge < -0.3 is 4.57 Å². The molecule has 57 heavy (non-hydrogen) atoms. The average molecular weight is 752 g/mol. The van der Waals surface area contributed by atoms with E-state index in [0.717, 1.165) is 58.7 Å². The van der Waals surface area contributed by atoms with Gasteiger partial charge in [0.05, 0.1) is 36.0 Å². The smallest absolute Gasteiger partial charge is 0.238 e. The zero-order valence-electron chi connectivity index (χ0n) is 36.1. The van der Waals surface area contributed by atoms with Crippen molar-refractivity contribution in [3.05, 3.63) is 188 Å². The van der Waals surface area contributed by atoms with Crippen LogP contribution >= 0.6 is 11.3 Å². The molecule has 0 N–H and O–H groups in total. The molecule has 4 aromatic heterocycles. The Morgan fingerprint density at radius 3 is 1.72 bits per heavy atom. The minimum atomic E-state index is -0.186. The van der Waals surface area contributed by atoms with Crippen LogP contribution in [0.3, 0.4) is 0 Å². The maximum atomic E-state index is 9.47. The molecule has 0 spiro atoms. The third kappa shape index (κ3) is 4.84. The minimum absolute atomic E-state index is 0.0556. The third-order valence-corrected chi connectivity index (χ3v) is 12.0. The molecule has 4 heterocycles. The molecule has 8 aromatic carbocycles. The lowest BCUT2D eigenvalue weighted by atomic mass is 9.97. The largest absolute Gasteiger partial charge is 0.308 e. The monoisotopic (exact) mass is 751 g/mol. The lowest BCUT2D eigenvalue weighted by Gasteiger charge is -2.19. The van der Waals surface area contributed by atoms with Crippen molar-refractivity contribution < 1.29 is 8.22 Å². The molecule has 5 nitrogen and oxygen atoms in total. The number of benzene rings is 8. The Kier molecular flexibility index (Phi) is 5.82. The summed E-state index contributed by atoms with van der Waals surface area (Å²) in [5.41, 5.74) is 5.82. The molecule has 0 fully saturated rings. The first-order chi connectivity index (χ1) is 30.8. The fraction of sp³-hybridized carbons (Fsp3) is 0. The Balaban J connectivity index is 1.27. The second kappa shape index (κ2) is 12.6. The summed E-state index contributed by atoms with van der Waals surface area (Å²) < 4.78 is 60.8. The van der Waals surface area contributed by atoms with Gasteiger partial charge in [0.25, 0.3) is 0 Å². The van der Waals surface area contributed by atoms with Crippen LogP contribution in [0.5, 0.6) is 0 Å². The van der Waals surface area contributed by atoms with Crippen molar-refractivity contribution in [2.75, 3.05) is 0 Å². The highest BCUT2D eigenvalue weighted by molar-refractivity contribution is 7.26. The van der Waals surface area contributed by atoms with Gasteiger partial charge in [-0.05, 0) is 36.4 Å². The van der Waals surface area contributed by atoms with Gasteiger partial charge in [-0.25, -0.2) is 4.98 Å². The quantitative estimate of drug-likeness (QED) is 0.176. The number of para-hydroxylation sites is 5. The van der Waals surface area contributed by atoms with Crippen molar-refractivity contribution in [2.45, 2.75) is 0 Å². The van der Waals surface area contributed by atoms with Crippen LogP contribution < -0.4 is 0 Å². The lowest BCUT2D eigenvalue weighted by molar-refractivity contribution is 0.952. The number of fused-ring (bicyclic) bond motifs is 9. The Morgan fingerprint density at radius 1 is 0.404 bits per heavy atom. The van der Waals surface area contributed by atoms with Gasteiger partial charge in [0.2, 0.25) is 5.95 Å². The first-order valence-corrected chi connectivity index (χ1v) is 19.4. The molecule has 0 unspecified atom stereocenters. The molecule has 0 aliphatic rings. The summed E-state index contributed by atoms with van der Waals surface area (Å²) >= 11 is 1.68. The summed E-state index contributed by atoms with van der Waals surface area (Å²) in [7, 11) is 0. The van der Waals surface area contributed by atoms with Gasteiger partial charge in [-0.1, -0.05) is 152 Å². The summed E-state index contributed by atoms with van der Waals surface area (Å²) in [5.74, 6) is 1.15. The summed E-state index contributed by atoms with van der Waals surface area (Å²) in [6.45, 7) is 0. The van der Waals surface area contributed by atoms with Crippen LogP contribution in [-0.2, 0) is 0 Å². The van der Waals surface area contributed by atoms with E-state index in [1.165, 1.54) is 12.1 Å². The first kappa shape index (κ1) is 26.4. The van der Waals surface area contributed by atoms with Crippen molar-refractivity contribution in [1.82, 2.24) is 24.1 Å². The SMILES string of the molecule is [2H]c1cc([2H])c2c(c1[2H])c1c([2H])c([2H])cc([2H])c1n2-c1c(-c2nc(-c3ccccc3)nc(-n3c4ccccc4c4ccccc43)n2)cccc1-c1cccc2c1sc1ccccc12. The van der Waals surface area contributed by atoms with Crippen molar-refractivity contribution in [3.63, 3.8) is 0 Å². The van der Waals surface area contributed by atoms with Crippen molar-refractivity contribution in [1.29, 1.82) is 0 Å². The molecule has 0 saturated carbocycles. The van der Waals surface area contributed by atoms with Gasteiger partial charge >= 0.3 is 0 Å². The topological polar surface area (TPSA) is 48.5 Å². The van der Waals surface area contributed by atoms with E-state index in [0.29, 0.717) is 28.8 Å². The molecule has 12 aromatic rings. The van der Waals surface area contributed by atoms with Crippen molar-refractivity contribution in [2.24, 2.45) is 0 Å². The molecule has 0 atom stereocenters. The van der Waals surface area contributed by atoms with Gasteiger partial charge in [-0.15, -0.1) is 11.3 Å². The molecule has 0 saturated heterocycles. The molecule has 6 heteroatoms. The van der Waals surface area contributed by atoms with E-state index in [1.54, 1.807) is 15.9 Å². The van der Waals surface area contributed by atoms with E-state index < -0.39 is 0 Å². The summed E-state index contributed by atoms with van der Waals surface area (Å²) in [4.78, 5) is 15.8. The van der Waals surface area contributed by atoms with Crippen LogP contribution in [0.25, 0.3) is 109 Å². The van der Waals surface area contributed by atoms with Gasteiger partial charge in [0, 0.05) is 64.0 Å². The number of rotatable bonds is 5. The molecule has 0 radical (unpaired) electrons. The van der Waals surface area contributed by atoms with E-state index in [-0.39, 0.29) is 58.1 Å². The highest BCUT2D eigenvalue weighted by Gasteiger charge is 2.24. The number of hydrogen-bond donors (Lipinski definition) is 0. The summed E-state index contributed by atoms with van der Waals surface area (Å²) in [5, 5.41) is 4.64. The maximum Gasteiger partial charge on any atom is 0.238 e. The highest BCUT2D eigenvalue weighted by atomic mass is 32.1. The van der Waals surface area contributed by atoms with Crippen LogP contribution in [0, 0.1) is 0 Å². The number of aromatic nitrogens is 5. The molecule has 0 amide bonds. The van der Waals surface area contributed by atoms with Crippen LogP contribution in [0.4, 0.5) is 0 Å². The van der Waals surface area contributed by atoms with E-state index in [9.17, 15) is 5.48 Å². The fourth-order valence-corrected chi connectivity index (χ4v) is 9.55. The van der Waals surface area contributed by atoms with E-state index in [1.807, 2.05) is 91.0 Å².